The molecule has 1 atom stereocenters. The first-order valence-electron chi connectivity index (χ1n) is 10.8. The summed E-state index contributed by atoms with van der Waals surface area (Å²) in [5.41, 5.74) is -2.91. The Hall–Kier alpha value is -3.20. The molecule has 2 aliphatic rings. The number of hydrogen-bond donors (Lipinski definition) is 1. The molecule has 0 saturated heterocycles. The smallest absolute Gasteiger partial charge is 0.336 e. The van der Waals surface area contributed by atoms with Gasteiger partial charge in [-0.3, -0.25) is 9.59 Å². The van der Waals surface area contributed by atoms with E-state index in [0.717, 1.165) is 16.2 Å². The topological polar surface area (TPSA) is 62.3 Å². The standard InChI is InChI=1S/C25H22F3N3O2S/c1-23(2)12-17-20(18(32)13-23)24(25(26,27)28,21(33)31(17)14-15-8-4-3-5-9-15)30-22-29-16-10-6-7-11-19(16)34-22/h3-11H,12-14H2,1-2H3,(H,29,30)/t24-/m0/s1. The molecule has 1 aliphatic heterocycles. The summed E-state index contributed by atoms with van der Waals surface area (Å²) in [6.45, 7) is 3.60. The minimum atomic E-state index is -5.06. The van der Waals surface area contributed by atoms with Crippen molar-refractivity contribution in [2.45, 2.75) is 44.9 Å². The van der Waals surface area contributed by atoms with E-state index in [-0.39, 0.29) is 30.2 Å². The Morgan fingerprint density at radius 2 is 1.71 bits per heavy atom. The highest BCUT2D eigenvalue weighted by Gasteiger charge is 2.71. The van der Waals surface area contributed by atoms with Crippen molar-refractivity contribution in [1.29, 1.82) is 0 Å². The van der Waals surface area contributed by atoms with Crippen LogP contribution in [0.25, 0.3) is 10.2 Å². The maximum atomic E-state index is 14.9. The number of halogens is 3. The van der Waals surface area contributed by atoms with E-state index in [1.807, 2.05) is 13.8 Å². The van der Waals surface area contributed by atoms with Gasteiger partial charge in [0.15, 0.2) is 10.9 Å². The zero-order valence-electron chi connectivity index (χ0n) is 18.6. The minimum Gasteiger partial charge on any atom is -0.336 e. The molecule has 1 amide bonds. The van der Waals surface area contributed by atoms with Gasteiger partial charge in [0.05, 0.1) is 22.3 Å². The molecule has 1 aromatic heterocycles. The SMILES string of the molecule is CC1(C)CC(=O)C2=C(C1)N(Cc1ccccc1)C(=O)[C@]2(Nc1nc2ccccc2s1)C(F)(F)F. The van der Waals surface area contributed by atoms with Crippen LogP contribution >= 0.6 is 11.3 Å². The fraction of sp³-hybridized carbons (Fsp3) is 0.320. The van der Waals surface area contributed by atoms with Crippen molar-refractivity contribution >= 4 is 38.4 Å². The molecule has 2 heterocycles. The maximum absolute atomic E-state index is 14.9. The highest BCUT2D eigenvalue weighted by molar-refractivity contribution is 7.22. The summed E-state index contributed by atoms with van der Waals surface area (Å²) in [6.07, 6.45) is -4.95. The van der Waals surface area contributed by atoms with Crippen molar-refractivity contribution in [3.8, 4) is 0 Å². The largest absolute Gasteiger partial charge is 0.425 e. The lowest BCUT2D eigenvalue weighted by molar-refractivity contribution is -0.181. The van der Waals surface area contributed by atoms with Crippen LogP contribution in [-0.2, 0) is 16.1 Å². The highest BCUT2D eigenvalue weighted by atomic mass is 32.1. The summed E-state index contributed by atoms with van der Waals surface area (Å²) in [7, 11) is 0. The summed E-state index contributed by atoms with van der Waals surface area (Å²) >= 11 is 1.02. The van der Waals surface area contributed by atoms with Crippen molar-refractivity contribution in [1.82, 2.24) is 9.88 Å². The molecule has 0 spiro atoms. The van der Waals surface area contributed by atoms with E-state index < -0.39 is 34.4 Å². The Bertz CT molecular complexity index is 1300. The van der Waals surface area contributed by atoms with E-state index >= 15 is 0 Å². The van der Waals surface area contributed by atoms with E-state index in [1.165, 1.54) is 0 Å². The van der Waals surface area contributed by atoms with Crippen LogP contribution in [0.3, 0.4) is 0 Å². The zero-order valence-corrected chi connectivity index (χ0v) is 19.4. The Labute approximate surface area is 198 Å². The van der Waals surface area contributed by atoms with Gasteiger partial charge in [0.25, 0.3) is 5.91 Å². The number of thiazole rings is 1. The number of rotatable bonds is 4. The van der Waals surface area contributed by atoms with Gasteiger partial charge in [0, 0.05) is 12.1 Å². The summed E-state index contributed by atoms with van der Waals surface area (Å²) in [4.78, 5) is 32.4. The van der Waals surface area contributed by atoms with Crippen molar-refractivity contribution in [3.63, 3.8) is 0 Å². The Kier molecular flexibility index (Phi) is 5.09. The van der Waals surface area contributed by atoms with E-state index in [4.69, 9.17) is 0 Å². The number of para-hydroxylation sites is 1. The van der Waals surface area contributed by atoms with Crippen LogP contribution in [0.5, 0.6) is 0 Å². The summed E-state index contributed by atoms with van der Waals surface area (Å²) < 4.78 is 45.5. The number of benzene rings is 2. The van der Waals surface area contributed by atoms with E-state index in [2.05, 4.69) is 10.3 Å². The van der Waals surface area contributed by atoms with Gasteiger partial charge in [-0.2, -0.15) is 13.2 Å². The van der Waals surface area contributed by atoms with Gasteiger partial charge in [0.1, 0.15) is 0 Å². The third kappa shape index (κ3) is 3.50. The maximum Gasteiger partial charge on any atom is 0.425 e. The number of ketones is 1. The number of allylic oxidation sites excluding steroid dienone is 1. The number of alkyl halides is 3. The number of fused-ring (bicyclic) bond motifs is 1. The molecular formula is C25H22F3N3O2S. The third-order valence-corrected chi connectivity index (χ3v) is 7.27. The van der Waals surface area contributed by atoms with Gasteiger partial charge in [-0.1, -0.05) is 67.6 Å². The second-order valence-corrected chi connectivity index (χ2v) is 10.5. The molecule has 1 N–H and O–H groups in total. The molecule has 0 bridgehead atoms. The van der Waals surface area contributed by atoms with Gasteiger partial charge in [-0.05, 0) is 29.5 Å². The number of carbonyl (C=O) groups is 2. The Morgan fingerprint density at radius 3 is 2.38 bits per heavy atom. The van der Waals surface area contributed by atoms with Gasteiger partial charge in [0.2, 0.25) is 5.54 Å². The fourth-order valence-corrected chi connectivity index (χ4v) is 5.77. The molecule has 1 aliphatic carbocycles. The summed E-state index contributed by atoms with van der Waals surface area (Å²) in [6, 6.07) is 15.7. The Morgan fingerprint density at radius 1 is 1.03 bits per heavy atom. The van der Waals surface area contributed by atoms with E-state index in [0.29, 0.717) is 15.8 Å². The molecular weight excluding hydrogens is 463 g/mol. The second-order valence-electron chi connectivity index (χ2n) is 9.50. The monoisotopic (exact) mass is 485 g/mol. The predicted octanol–water partition coefficient (Wildman–Crippen LogP) is 5.69. The average Bonchev–Trinajstić information content (AvgIpc) is 3.26. The van der Waals surface area contributed by atoms with Crippen LogP contribution in [0.4, 0.5) is 18.3 Å². The lowest BCUT2D eigenvalue weighted by Gasteiger charge is -2.35. The molecule has 0 fully saturated rings. The van der Waals surface area contributed by atoms with Crippen LogP contribution in [0.1, 0.15) is 32.3 Å². The molecule has 0 unspecified atom stereocenters. The van der Waals surface area contributed by atoms with Gasteiger partial charge < -0.3 is 10.2 Å². The third-order valence-electron chi connectivity index (χ3n) is 6.32. The van der Waals surface area contributed by atoms with E-state index in [1.54, 1.807) is 54.6 Å². The number of anilines is 1. The molecule has 9 heteroatoms. The first-order chi connectivity index (χ1) is 16.0. The van der Waals surface area contributed by atoms with Crippen molar-refractivity contribution < 1.29 is 22.8 Å². The van der Waals surface area contributed by atoms with Gasteiger partial charge in [-0.15, -0.1) is 0 Å². The molecule has 2 aromatic carbocycles. The zero-order chi connectivity index (χ0) is 24.3. The number of amides is 1. The van der Waals surface area contributed by atoms with Crippen LogP contribution in [0, 0.1) is 5.41 Å². The van der Waals surface area contributed by atoms with Crippen molar-refractivity contribution in [3.05, 3.63) is 71.4 Å². The second kappa shape index (κ2) is 7.66. The van der Waals surface area contributed by atoms with Crippen molar-refractivity contribution in [2.75, 3.05) is 5.32 Å². The summed E-state index contributed by atoms with van der Waals surface area (Å²) in [5, 5.41) is 2.36. The van der Waals surface area contributed by atoms with Crippen LogP contribution < -0.4 is 5.32 Å². The molecule has 5 rings (SSSR count). The number of nitrogens with one attached hydrogen (secondary N) is 1. The molecule has 5 nitrogen and oxygen atoms in total. The number of hydrogen-bond acceptors (Lipinski definition) is 5. The first-order valence-corrected chi connectivity index (χ1v) is 11.7. The van der Waals surface area contributed by atoms with Crippen LogP contribution in [0.2, 0.25) is 0 Å². The lowest BCUT2D eigenvalue weighted by atomic mass is 9.72. The normalized spacial score (nSPS) is 22.4. The molecule has 3 aromatic rings. The van der Waals surface area contributed by atoms with E-state index in [9.17, 15) is 22.8 Å². The first kappa shape index (κ1) is 22.6. The number of nitrogens with zero attached hydrogens (tertiary/aromatic N) is 2. The predicted molar refractivity (Wildman–Crippen MR) is 124 cm³/mol. The fourth-order valence-electron chi connectivity index (χ4n) is 4.85. The average molecular weight is 486 g/mol. The Balaban J connectivity index is 1.68. The number of Topliss-reactive ketones (excluding diaryl/α,β-unsaturated/α-hetero) is 1. The quantitative estimate of drug-likeness (QED) is 0.515. The molecule has 0 radical (unpaired) electrons. The summed E-state index contributed by atoms with van der Waals surface area (Å²) in [5.74, 6) is -1.86. The molecule has 34 heavy (non-hydrogen) atoms. The lowest BCUT2D eigenvalue weighted by Crippen LogP contribution is -2.60. The number of aromatic nitrogens is 1. The van der Waals surface area contributed by atoms with Gasteiger partial charge in [-0.25, -0.2) is 4.98 Å². The van der Waals surface area contributed by atoms with Crippen LogP contribution in [0.15, 0.2) is 65.9 Å². The number of carbonyl (C=O) groups excluding carboxylic acids is 2. The minimum absolute atomic E-state index is 0.0543. The van der Waals surface area contributed by atoms with Crippen LogP contribution in [-0.4, -0.2) is 33.3 Å². The molecule has 176 valence electrons. The van der Waals surface area contributed by atoms with Crippen molar-refractivity contribution in [2.24, 2.45) is 5.41 Å². The highest BCUT2D eigenvalue weighted by Crippen LogP contribution is 2.53. The van der Waals surface area contributed by atoms with Gasteiger partial charge >= 0.3 is 6.18 Å². The molecule has 0 saturated carbocycles.